The van der Waals surface area contributed by atoms with Gasteiger partial charge in [-0.3, -0.25) is 13.9 Å². The number of aromatic nitrogens is 4. The van der Waals surface area contributed by atoms with Gasteiger partial charge in [0.1, 0.15) is 24.7 Å². The van der Waals surface area contributed by atoms with Crippen LogP contribution in [0.25, 0.3) is 27.6 Å². The Labute approximate surface area is 272 Å². The minimum Gasteiger partial charge on any atom is -0.464 e. The quantitative estimate of drug-likeness (QED) is 0.148. The average Bonchev–Trinajstić information content (AvgIpc) is 3.41. The fraction of sp³-hybridized carbons (Fsp3) is 0.438. The van der Waals surface area contributed by atoms with Crippen molar-refractivity contribution in [1.29, 1.82) is 0 Å². The summed E-state index contributed by atoms with van der Waals surface area (Å²) in [5.41, 5.74) is 7.90. The number of benzene rings is 2. The van der Waals surface area contributed by atoms with Crippen molar-refractivity contribution < 1.29 is 32.3 Å². The highest BCUT2D eigenvalue weighted by Crippen LogP contribution is 2.48. The molecule has 0 amide bonds. The Morgan fingerprint density at radius 1 is 1.21 bits per heavy atom. The summed E-state index contributed by atoms with van der Waals surface area (Å²) in [5.74, 6) is -2.19. The Hall–Kier alpha value is -4.10. The van der Waals surface area contributed by atoms with Gasteiger partial charge in [-0.1, -0.05) is 57.2 Å². The monoisotopic (exact) mass is 669 g/mol. The maximum absolute atomic E-state index is 16.3. The third-order valence-electron chi connectivity index (χ3n) is 7.37. The molecule has 0 radical (unpaired) electrons. The van der Waals surface area contributed by atoms with Gasteiger partial charge in [-0.25, -0.2) is 13.9 Å². The van der Waals surface area contributed by atoms with E-state index in [0.717, 1.165) is 5.39 Å². The molecule has 15 heteroatoms. The Morgan fingerprint density at radius 3 is 2.64 bits per heavy atom. The van der Waals surface area contributed by atoms with E-state index in [1.165, 1.54) is 6.92 Å². The van der Waals surface area contributed by atoms with Gasteiger partial charge in [0.15, 0.2) is 17.0 Å². The van der Waals surface area contributed by atoms with Crippen molar-refractivity contribution >= 4 is 53.1 Å². The number of carbonyl (C=O) groups excluding carboxylic acids is 1. The number of imidazole rings is 1. The van der Waals surface area contributed by atoms with E-state index in [1.807, 2.05) is 59.1 Å². The molecule has 5 rings (SSSR count). The van der Waals surface area contributed by atoms with Crippen molar-refractivity contribution in [2.24, 2.45) is 5.41 Å². The van der Waals surface area contributed by atoms with Crippen molar-refractivity contribution in [2.45, 2.75) is 52.9 Å². The van der Waals surface area contributed by atoms with Crippen LogP contribution < -0.4 is 20.2 Å². The molecule has 0 unspecified atom stereocenters. The number of fused-ring (bicyclic) bond motifs is 2. The molecule has 0 aliphatic carbocycles. The second-order valence-corrected chi connectivity index (χ2v) is 14.7. The van der Waals surface area contributed by atoms with Gasteiger partial charge in [0.05, 0.1) is 18.9 Å². The van der Waals surface area contributed by atoms with Gasteiger partial charge in [0.25, 0.3) is 0 Å². The van der Waals surface area contributed by atoms with Gasteiger partial charge in [-0.2, -0.15) is 15.1 Å². The van der Waals surface area contributed by atoms with Crippen molar-refractivity contribution in [3.63, 3.8) is 0 Å². The zero-order chi connectivity index (χ0) is 34.1. The average molecular weight is 670 g/mol. The molecule has 3 N–H and O–H groups in total. The van der Waals surface area contributed by atoms with Crippen LogP contribution in [0.3, 0.4) is 0 Å². The van der Waals surface area contributed by atoms with E-state index >= 15 is 4.39 Å². The molecular formula is C32H41FN7O6P. The number of hydrogen-bond donors (Lipinski definition) is 2. The smallest absolute Gasteiger partial charge is 0.459 e. The van der Waals surface area contributed by atoms with Crippen LogP contribution in [0, 0.1) is 5.41 Å². The van der Waals surface area contributed by atoms with Gasteiger partial charge in [-0.05, 0) is 36.3 Å². The van der Waals surface area contributed by atoms with Crippen LogP contribution in [0.15, 0.2) is 54.4 Å². The zero-order valence-electron chi connectivity index (χ0n) is 27.6. The van der Waals surface area contributed by atoms with E-state index in [1.54, 1.807) is 40.9 Å². The van der Waals surface area contributed by atoms with E-state index in [-0.39, 0.29) is 36.7 Å². The maximum atomic E-state index is 16.3. The molecule has 1 aliphatic rings. The number of anilines is 2. The minimum atomic E-state index is -4.40. The molecule has 4 aromatic rings. The molecule has 0 saturated heterocycles. The Balaban J connectivity index is 1.38. The van der Waals surface area contributed by atoms with Crippen molar-refractivity contribution in [3.8, 4) is 5.75 Å². The van der Waals surface area contributed by atoms with Crippen LogP contribution in [-0.4, -0.2) is 71.3 Å². The molecule has 2 aromatic heterocycles. The molecule has 0 saturated carbocycles. The highest BCUT2D eigenvalue weighted by molar-refractivity contribution is 7.52. The number of nitrogens with two attached hydrogens (primary N) is 1. The van der Waals surface area contributed by atoms with E-state index in [4.69, 9.17) is 24.3 Å². The number of carbonyl (C=O) groups is 1. The molecule has 13 nitrogen and oxygen atoms in total. The second kappa shape index (κ2) is 13.2. The number of ether oxygens (including phenoxy) is 2. The lowest BCUT2D eigenvalue weighted by atomic mass is 9.99. The number of hydrogen-bond acceptors (Lipinski definition) is 11. The zero-order valence-corrected chi connectivity index (χ0v) is 28.5. The third-order valence-corrected chi connectivity index (χ3v) is 8.98. The molecule has 0 spiro atoms. The lowest BCUT2D eigenvalue weighted by molar-refractivity contribution is -0.161. The second-order valence-electron chi connectivity index (χ2n) is 13.0. The van der Waals surface area contributed by atoms with Gasteiger partial charge in [0.2, 0.25) is 11.8 Å². The number of nitrogen functional groups attached to an aromatic ring is 1. The first-order chi connectivity index (χ1) is 22.1. The summed E-state index contributed by atoms with van der Waals surface area (Å²) in [6.45, 7) is 8.20. The summed E-state index contributed by atoms with van der Waals surface area (Å²) < 4.78 is 55.1. The summed E-state index contributed by atoms with van der Waals surface area (Å²) in [6.07, 6.45) is 1.34. The predicted molar refractivity (Wildman–Crippen MR) is 179 cm³/mol. The van der Waals surface area contributed by atoms with Crippen LogP contribution in [0.4, 0.5) is 16.2 Å². The molecule has 2 aromatic carbocycles. The van der Waals surface area contributed by atoms with E-state index < -0.39 is 32.2 Å². The van der Waals surface area contributed by atoms with E-state index in [9.17, 15) is 9.36 Å². The lowest BCUT2D eigenvalue weighted by Gasteiger charge is -2.33. The molecule has 3 atom stereocenters. The number of esters is 1. The molecule has 0 fully saturated rings. The highest BCUT2D eigenvalue weighted by atomic mass is 31.2. The first-order valence-corrected chi connectivity index (χ1v) is 16.7. The standard InChI is InChI=1S/C32H41FN7O6P/c1-20-15-32(33,44-16-24(20)40-19-35-26-27(39(6)7)36-30(34)37-28(26)40)18-45-47(42,38-21(2)29(41)43-17-31(3,4)5)46-25-14-10-12-22-11-8-9-13-23(22)25/h8-14,19,21H,15-18H2,1-7H3,(H,38,42)(H2,34,36,37)/t21-,32-,47-/m0/s1. The highest BCUT2D eigenvalue weighted by Gasteiger charge is 2.42. The molecular weight excluding hydrogens is 628 g/mol. The van der Waals surface area contributed by atoms with Crippen molar-refractivity contribution in [3.05, 3.63) is 54.4 Å². The summed E-state index contributed by atoms with van der Waals surface area (Å²) in [6, 6.07) is 11.5. The van der Waals surface area contributed by atoms with Gasteiger partial charge >= 0.3 is 13.7 Å². The SMILES string of the molecule is CC1=C(n2cnc3c(N(C)C)nc(N)nc32)CO[C@](F)(CO[P@@](=O)(N[C@@H](C)C(=O)OCC(C)(C)C)Oc2cccc3ccccc23)C1. The largest absolute Gasteiger partial charge is 0.464 e. The van der Waals surface area contributed by atoms with Crippen molar-refractivity contribution in [1.82, 2.24) is 24.6 Å². The Morgan fingerprint density at radius 2 is 1.94 bits per heavy atom. The summed E-state index contributed by atoms with van der Waals surface area (Å²) >= 11 is 0. The molecule has 1 aliphatic heterocycles. The first-order valence-electron chi connectivity index (χ1n) is 15.1. The number of nitrogens with zero attached hydrogens (tertiary/aromatic N) is 5. The fourth-order valence-corrected chi connectivity index (χ4v) is 6.57. The number of alkyl halides is 1. The summed E-state index contributed by atoms with van der Waals surface area (Å²) in [7, 11) is -0.766. The number of halogens is 1. The van der Waals surface area contributed by atoms with Crippen LogP contribution in [0.5, 0.6) is 5.75 Å². The first kappa shape index (κ1) is 34.2. The van der Waals surface area contributed by atoms with Gasteiger partial charge < -0.3 is 24.6 Å². The number of rotatable bonds is 11. The van der Waals surface area contributed by atoms with Crippen LogP contribution in [0.2, 0.25) is 0 Å². The lowest BCUT2D eigenvalue weighted by Crippen LogP contribution is -2.40. The topological polar surface area (TPSA) is 156 Å². The van der Waals surface area contributed by atoms with Crippen LogP contribution in [0.1, 0.15) is 41.0 Å². The molecule has 0 bridgehead atoms. The molecule has 252 valence electrons. The molecule has 3 heterocycles. The van der Waals surface area contributed by atoms with Crippen molar-refractivity contribution in [2.75, 3.05) is 44.5 Å². The Bertz CT molecular complexity index is 1870. The van der Waals surface area contributed by atoms with Gasteiger partial charge in [-0.15, -0.1) is 0 Å². The third kappa shape index (κ3) is 7.90. The molecule has 47 heavy (non-hydrogen) atoms. The predicted octanol–water partition coefficient (Wildman–Crippen LogP) is 5.72. The Kier molecular flexibility index (Phi) is 9.61. The van der Waals surface area contributed by atoms with Crippen LogP contribution in [-0.2, 0) is 23.4 Å². The van der Waals surface area contributed by atoms with E-state index in [0.29, 0.717) is 33.6 Å². The van der Waals surface area contributed by atoms with E-state index in [2.05, 4.69) is 20.0 Å². The minimum absolute atomic E-state index is 0.0668. The van der Waals surface area contributed by atoms with Gasteiger partial charge in [0, 0.05) is 25.9 Å². The normalized spacial score (nSPS) is 19.1. The van der Waals surface area contributed by atoms with Crippen LogP contribution >= 0.6 is 7.75 Å². The number of nitrogens with one attached hydrogen (secondary N) is 1. The summed E-state index contributed by atoms with van der Waals surface area (Å²) in [4.78, 5) is 27.7. The summed E-state index contributed by atoms with van der Waals surface area (Å²) in [5, 5.41) is 4.13. The fourth-order valence-electron chi connectivity index (χ4n) is 5.03. The maximum Gasteiger partial charge on any atom is 0.459 e.